The highest BCUT2D eigenvalue weighted by molar-refractivity contribution is 5.81. The van der Waals surface area contributed by atoms with Crippen LogP contribution in [0, 0.1) is 11.7 Å². The summed E-state index contributed by atoms with van der Waals surface area (Å²) in [5.41, 5.74) is 0.715. The number of piperidine rings is 1. The number of cyclic esters (lactones) is 1. The van der Waals surface area contributed by atoms with Crippen LogP contribution < -0.4 is 5.32 Å². The highest BCUT2D eigenvalue weighted by atomic mass is 19.1. The monoisotopic (exact) mass is 332 g/mol. The molecule has 1 N–H and O–H groups in total. The van der Waals surface area contributed by atoms with E-state index in [-0.39, 0.29) is 29.3 Å². The van der Waals surface area contributed by atoms with Crippen LogP contribution in [0.15, 0.2) is 24.3 Å². The second-order valence-corrected chi connectivity index (χ2v) is 7.24. The summed E-state index contributed by atoms with van der Waals surface area (Å²) in [7, 11) is 0. The summed E-state index contributed by atoms with van der Waals surface area (Å²) < 4.78 is 18.3. The Hall–Kier alpha value is -2.11. The molecule has 2 saturated heterocycles. The highest BCUT2D eigenvalue weighted by Gasteiger charge is 2.53. The maximum atomic E-state index is 13.4. The summed E-state index contributed by atoms with van der Waals surface area (Å²) >= 11 is 0. The average molecular weight is 332 g/mol. The van der Waals surface area contributed by atoms with Crippen molar-refractivity contribution in [3.8, 4) is 0 Å². The van der Waals surface area contributed by atoms with Crippen molar-refractivity contribution < 1.29 is 18.7 Å². The molecule has 3 fully saturated rings. The molecule has 6 heteroatoms. The van der Waals surface area contributed by atoms with Crippen molar-refractivity contribution in [3.63, 3.8) is 0 Å². The van der Waals surface area contributed by atoms with Gasteiger partial charge >= 0.3 is 6.09 Å². The lowest BCUT2D eigenvalue weighted by molar-refractivity contribution is -0.142. The standard InChI is InChI=1S/C18H21FN2O3/c19-15-3-1-2-13(8-15)12-4-6-21(7-5-12)16(22)14-9-18(10-14)11-24-17(23)20-18/h1-3,8,12,14H,4-7,9-11H2,(H,20,23). The van der Waals surface area contributed by atoms with Crippen LogP contribution in [0.4, 0.5) is 9.18 Å². The van der Waals surface area contributed by atoms with Gasteiger partial charge in [-0.25, -0.2) is 9.18 Å². The van der Waals surface area contributed by atoms with Crippen molar-refractivity contribution in [2.24, 2.45) is 5.92 Å². The quantitative estimate of drug-likeness (QED) is 0.905. The molecular weight excluding hydrogens is 311 g/mol. The number of likely N-dealkylation sites (tertiary alicyclic amines) is 1. The molecule has 0 aromatic heterocycles. The second-order valence-electron chi connectivity index (χ2n) is 7.24. The molecule has 1 aliphatic carbocycles. The van der Waals surface area contributed by atoms with Gasteiger partial charge in [-0.15, -0.1) is 0 Å². The third-order valence-electron chi connectivity index (χ3n) is 5.60. The maximum Gasteiger partial charge on any atom is 0.407 e. The third kappa shape index (κ3) is 2.74. The number of alkyl carbamates (subject to hydrolysis) is 1. The fraction of sp³-hybridized carbons (Fsp3) is 0.556. The van der Waals surface area contributed by atoms with Crippen molar-refractivity contribution in [1.82, 2.24) is 10.2 Å². The van der Waals surface area contributed by atoms with Gasteiger partial charge in [0, 0.05) is 19.0 Å². The number of amides is 2. The number of carbonyl (C=O) groups excluding carboxylic acids is 2. The summed E-state index contributed by atoms with van der Waals surface area (Å²) in [6, 6.07) is 6.76. The molecule has 1 spiro atoms. The molecule has 0 atom stereocenters. The van der Waals surface area contributed by atoms with Gasteiger partial charge in [-0.2, -0.15) is 0 Å². The lowest BCUT2D eigenvalue weighted by atomic mass is 9.68. The third-order valence-corrected chi connectivity index (χ3v) is 5.60. The number of halogens is 1. The van der Waals surface area contributed by atoms with E-state index in [9.17, 15) is 14.0 Å². The van der Waals surface area contributed by atoms with Crippen molar-refractivity contribution in [3.05, 3.63) is 35.6 Å². The topological polar surface area (TPSA) is 58.6 Å². The van der Waals surface area contributed by atoms with Gasteiger partial charge in [0.25, 0.3) is 0 Å². The van der Waals surface area contributed by atoms with Crippen LogP contribution in [0.5, 0.6) is 0 Å². The Morgan fingerprint density at radius 3 is 2.67 bits per heavy atom. The van der Waals surface area contributed by atoms with Gasteiger partial charge in [0.1, 0.15) is 12.4 Å². The number of ether oxygens (including phenoxy) is 1. The number of nitrogens with one attached hydrogen (secondary N) is 1. The molecule has 2 amide bonds. The molecule has 1 saturated carbocycles. The number of rotatable bonds is 2. The Bertz CT molecular complexity index is 664. The van der Waals surface area contributed by atoms with E-state index >= 15 is 0 Å². The number of hydrogen-bond acceptors (Lipinski definition) is 3. The molecule has 24 heavy (non-hydrogen) atoms. The van der Waals surface area contributed by atoms with Crippen LogP contribution in [-0.4, -0.2) is 42.1 Å². The van der Waals surface area contributed by atoms with Gasteiger partial charge in [0.2, 0.25) is 5.91 Å². The average Bonchev–Trinajstić information content (AvgIpc) is 2.95. The molecule has 5 nitrogen and oxygen atoms in total. The summed E-state index contributed by atoms with van der Waals surface area (Å²) in [5, 5.41) is 2.82. The zero-order chi connectivity index (χ0) is 16.7. The number of carbonyl (C=O) groups is 2. The lowest BCUT2D eigenvalue weighted by Crippen LogP contribution is -2.58. The van der Waals surface area contributed by atoms with Crippen molar-refractivity contribution in [2.45, 2.75) is 37.1 Å². The van der Waals surface area contributed by atoms with Crippen LogP contribution in [0.3, 0.4) is 0 Å². The Balaban J connectivity index is 1.30. The molecule has 1 aromatic rings. The largest absolute Gasteiger partial charge is 0.447 e. The minimum atomic E-state index is -0.378. The SMILES string of the molecule is O=C1NC2(CO1)CC(C(=O)N1CCC(c3cccc(F)c3)CC1)C2. The summed E-state index contributed by atoms with van der Waals surface area (Å²) in [6.45, 7) is 1.80. The molecule has 0 unspecified atom stereocenters. The Morgan fingerprint density at radius 1 is 1.29 bits per heavy atom. The smallest absolute Gasteiger partial charge is 0.407 e. The summed E-state index contributed by atoms with van der Waals surface area (Å²) in [4.78, 5) is 25.7. The zero-order valence-electron chi connectivity index (χ0n) is 13.5. The molecule has 2 heterocycles. The predicted molar refractivity (Wildman–Crippen MR) is 84.9 cm³/mol. The van der Waals surface area contributed by atoms with Crippen LogP contribution in [-0.2, 0) is 9.53 Å². The minimum Gasteiger partial charge on any atom is -0.447 e. The Labute approximate surface area is 140 Å². The minimum absolute atomic E-state index is 0.0160. The van der Waals surface area contributed by atoms with Crippen molar-refractivity contribution in [2.75, 3.05) is 19.7 Å². The highest BCUT2D eigenvalue weighted by Crippen LogP contribution is 2.42. The van der Waals surface area contributed by atoms with E-state index in [1.165, 1.54) is 6.07 Å². The van der Waals surface area contributed by atoms with Crippen LogP contribution in [0.1, 0.15) is 37.2 Å². The van der Waals surface area contributed by atoms with Crippen molar-refractivity contribution in [1.29, 1.82) is 0 Å². The number of hydrogen-bond donors (Lipinski definition) is 1. The fourth-order valence-electron chi connectivity index (χ4n) is 4.22. The summed E-state index contributed by atoms with van der Waals surface area (Å²) in [5.74, 6) is 0.281. The van der Waals surface area contributed by atoms with E-state index in [2.05, 4.69) is 5.32 Å². The van der Waals surface area contributed by atoms with E-state index in [1.807, 2.05) is 11.0 Å². The molecule has 2 aliphatic heterocycles. The van der Waals surface area contributed by atoms with Gasteiger partial charge in [-0.05, 0) is 49.3 Å². The van der Waals surface area contributed by atoms with Crippen LogP contribution in [0.2, 0.25) is 0 Å². The van der Waals surface area contributed by atoms with E-state index < -0.39 is 0 Å². The first kappa shape index (κ1) is 15.4. The summed E-state index contributed by atoms with van der Waals surface area (Å²) in [6.07, 6.45) is 2.69. The molecule has 4 rings (SSSR count). The van der Waals surface area contributed by atoms with Crippen molar-refractivity contribution >= 4 is 12.0 Å². The van der Waals surface area contributed by atoms with E-state index in [0.29, 0.717) is 38.5 Å². The molecule has 1 aromatic carbocycles. The maximum absolute atomic E-state index is 13.4. The molecule has 0 bridgehead atoms. The fourth-order valence-corrected chi connectivity index (χ4v) is 4.22. The van der Waals surface area contributed by atoms with Gasteiger partial charge in [-0.3, -0.25) is 4.79 Å². The predicted octanol–water partition coefficient (Wildman–Crippen LogP) is 2.42. The first-order valence-electron chi connectivity index (χ1n) is 8.54. The van der Waals surface area contributed by atoms with E-state index in [1.54, 1.807) is 12.1 Å². The van der Waals surface area contributed by atoms with Gasteiger partial charge in [0.05, 0.1) is 5.54 Å². The second kappa shape index (κ2) is 5.76. The first-order chi connectivity index (χ1) is 11.5. The normalized spacial score (nSPS) is 30.0. The first-order valence-corrected chi connectivity index (χ1v) is 8.54. The van der Waals surface area contributed by atoms with E-state index in [0.717, 1.165) is 18.4 Å². The van der Waals surface area contributed by atoms with E-state index in [4.69, 9.17) is 4.74 Å². The van der Waals surface area contributed by atoms with Gasteiger partial charge < -0.3 is 15.0 Å². The van der Waals surface area contributed by atoms with Crippen LogP contribution in [0.25, 0.3) is 0 Å². The molecule has 0 radical (unpaired) electrons. The van der Waals surface area contributed by atoms with Crippen LogP contribution >= 0.6 is 0 Å². The molecular formula is C18H21FN2O3. The number of nitrogens with zero attached hydrogens (tertiary/aromatic N) is 1. The van der Waals surface area contributed by atoms with Gasteiger partial charge in [0.15, 0.2) is 0 Å². The molecule has 128 valence electrons. The van der Waals surface area contributed by atoms with Gasteiger partial charge in [-0.1, -0.05) is 12.1 Å². The number of benzene rings is 1. The lowest BCUT2D eigenvalue weighted by Gasteiger charge is -2.45. The zero-order valence-corrected chi connectivity index (χ0v) is 13.5. The Morgan fingerprint density at radius 2 is 2.04 bits per heavy atom. The Kier molecular flexibility index (Phi) is 3.70. The molecule has 3 aliphatic rings.